The molecule has 0 bridgehead atoms. The molecule has 0 aliphatic carbocycles. The average Bonchev–Trinajstić information content (AvgIpc) is 2.15. The first-order valence-electron chi connectivity index (χ1n) is 5.44. The molecule has 0 aliphatic rings. The highest BCUT2D eigenvalue weighted by Gasteiger charge is 2.10. The lowest BCUT2D eigenvalue weighted by atomic mass is 10.4. The van der Waals surface area contributed by atoms with E-state index < -0.39 is 9.84 Å². The van der Waals surface area contributed by atoms with Gasteiger partial charge in [0.25, 0.3) is 0 Å². The van der Waals surface area contributed by atoms with Gasteiger partial charge in [-0.1, -0.05) is 13.3 Å². The van der Waals surface area contributed by atoms with Crippen molar-refractivity contribution in [3.8, 4) is 0 Å². The van der Waals surface area contributed by atoms with Crippen molar-refractivity contribution in [3.05, 3.63) is 0 Å². The van der Waals surface area contributed by atoms with Crippen LogP contribution in [0, 0.1) is 0 Å². The Morgan fingerprint density at radius 3 is 2.53 bits per heavy atom. The van der Waals surface area contributed by atoms with Gasteiger partial charge < -0.3 is 10.1 Å². The predicted octanol–water partition coefficient (Wildman–Crippen LogP) is 0.826. The van der Waals surface area contributed by atoms with Crippen molar-refractivity contribution < 1.29 is 13.2 Å². The Balaban J connectivity index is 3.65. The highest BCUT2D eigenvalue weighted by atomic mass is 32.2. The standard InChI is InChI=1S/C10H23NO3S/c1-4-5-7-15(12,13)8-6-11-10(2)9-14-3/h10-11H,4-9H2,1-3H3. The van der Waals surface area contributed by atoms with Gasteiger partial charge in [0.1, 0.15) is 0 Å². The quantitative estimate of drug-likeness (QED) is 0.645. The van der Waals surface area contributed by atoms with Gasteiger partial charge in [0.05, 0.1) is 18.1 Å². The van der Waals surface area contributed by atoms with Crippen molar-refractivity contribution in [3.63, 3.8) is 0 Å². The van der Waals surface area contributed by atoms with Gasteiger partial charge >= 0.3 is 0 Å². The summed E-state index contributed by atoms with van der Waals surface area (Å²) in [6, 6.07) is 0.205. The van der Waals surface area contributed by atoms with Crippen LogP contribution in [0.5, 0.6) is 0 Å². The number of unbranched alkanes of at least 4 members (excludes halogenated alkanes) is 1. The maximum absolute atomic E-state index is 11.5. The number of nitrogens with one attached hydrogen (secondary N) is 1. The largest absolute Gasteiger partial charge is 0.383 e. The van der Waals surface area contributed by atoms with E-state index in [1.807, 2.05) is 13.8 Å². The molecule has 0 saturated heterocycles. The molecular formula is C10H23NO3S. The van der Waals surface area contributed by atoms with Crippen molar-refractivity contribution in [2.75, 3.05) is 31.8 Å². The Kier molecular flexibility index (Phi) is 8.00. The van der Waals surface area contributed by atoms with Gasteiger partial charge in [0, 0.05) is 19.7 Å². The van der Waals surface area contributed by atoms with Crippen molar-refractivity contribution in [1.82, 2.24) is 5.32 Å². The maximum Gasteiger partial charge on any atom is 0.151 e. The molecular weight excluding hydrogens is 214 g/mol. The number of rotatable bonds is 9. The van der Waals surface area contributed by atoms with E-state index in [1.54, 1.807) is 7.11 Å². The Bertz CT molecular complexity index is 239. The third kappa shape index (κ3) is 8.84. The van der Waals surface area contributed by atoms with Gasteiger partial charge in [0.2, 0.25) is 0 Å². The number of hydrogen-bond acceptors (Lipinski definition) is 4. The van der Waals surface area contributed by atoms with Gasteiger partial charge in [-0.3, -0.25) is 0 Å². The zero-order valence-corrected chi connectivity index (χ0v) is 10.8. The van der Waals surface area contributed by atoms with E-state index in [0.717, 1.165) is 12.8 Å². The first kappa shape index (κ1) is 14.9. The van der Waals surface area contributed by atoms with Crippen LogP contribution in [0.2, 0.25) is 0 Å². The number of ether oxygens (including phenoxy) is 1. The van der Waals surface area contributed by atoms with Gasteiger partial charge in [0.15, 0.2) is 9.84 Å². The molecule has 0 aromatic carbocycles. The zero-order chi connectivity index (χ0) is 11.7. The van der Waals surface area contributed by atoms with E-state index in [0.29, 0.717) is 18.9 Å². The SMILES string of the molecule is CCCCS(=O)(=O)CCNC(C)COC. The highest BCUT2D eigenvalue weighted by Crippen LogP contribution is 1.96. The van der Waals surface area contributed by atoms with Crippen LogP contribution < -0.4 is 5.32 Å². The van der Waals surface area contributed by atoms with E-state index >= 15 is 0 Å². The molecule has 0 saturated carbocycles. The van der Waals surface area contributed by atoms with Crippen LogP contribution in [0.4, 0.5) is 0 Å². The fourth-order valence-corrected chi connectivity index (χ4v) is 2.60. The molecule has 4 nitrogen and oxygen atoms in total. The lowest BCUT2D eigenvalue weighted by Gasteiger charge is -2.12. The summed E-state index contributed by atoms with van der Waals surface area (Å²) < 4.78 is 27.9. The van der Waals surface area contributed by atoms with E-state index in [2.05, 4.69) is 5.32 Å². The van der Waals surface area contributed by atoms with Crippen molar-refractivity contribution in [2.24, 2.45) is 0 Å². The van der Waals surface area contributed by atoms with Crippen molar-refractivity contribution in [1.29, 1.82) is 0 Å². The Hall–Kier alpha value is -0.130. The van der Waals surface area contributed by atoms with Crippen LogP contribution >= 0.6 is 0 Å². The van der Waals surface area contributed by atoms with Gasteiger partial charge in [-0.2, -0.15) is 0 Å². The molecule has 0 radical (unpaired) electrons. The predicted molar refractivity (Wildman–Crippen MR) is 62.9 cm³/mol. The highest BCUT2D eigenvalue weighted by molar-refractivity contribution is 7.91. The van der Waals surface area contributed by atoms with Crippen LogP contribution in [0.15, 0.2) is 0 Å². The third-order valence-electron chi connectivity index (χ3n) is 2.13. The van der Waals surface area contributed by atoms with Gasteiger partial charge in [-0.15, -0.1) is 0 Å². The molecule has 0 spiro atoms. The molecule has 5 heteroatoms. The second-order valence-electron chi connectivity index (χ2n) is 3.82. The van der Waals surface area contributed by atoms with Gasteiger partial charge in [-0.25, -0.2) is 8.42 Å². The van der Waals surface area contributed by atoms with Crippen LogP contribution in [0.1, 0.15) is 26.7 Å². The monoisotopic (exact) mass is 237 g/mol. The second kappa shape index (κ2) is 8.07. The summed E-state index contributed by atoms with van der Waals surface area (Å²) in [5.41, 5.74) is 0. The van der Waals surface area contributed by atoms with E-state index in [1.165, 1.54) is 0 Å². The molecule has 0 aromatic rings. The molecule has 1 unspecified atom stereocenters. The first-order chi connectivity index (χ1) is 7.02. The van der Waals surface area contributed by atoms with Crippen molar-refractivity contribution in [2.45, 2.75) is 32.7 Å². The third-order valence-corrected chi connectivity index (χ3v) is 3.87. The number of hydrogen-bond donors (Lipinski definition) is 1. The minimum absolute atomic E-state index is 0.205. The number of methoxy groups -OCH3 is 1. The Morgan fingerprint density at radius 2 is 2.00 bits per heavy atom. The van der Waals surface area contributed by atoms with E-state index in [4.69, 9.17) is 4.74 Å². The molecule has 0 rings (SSSR count). The van der Waals surface area contributed by atoms with Crippen LogP contribution in [0.3, 0.4) is 0 Å². The lowest BCUT2D eigenvalue weighted by molar-refractivity contribution is 0.173. The molecule has 15 heavy (non-hydrogen) atoms. The summed E-state index contributed by atoms with van der Waals surface area (Å²) in [5, 5.41) is 3.11. The molecule has 1 N–H and O–H groups in total. The second-order valence-corrected chi connectivity index (χ2v) is 6.12. The summed E-state index contributed by atoms with van der Waals surface area (Å²) in [4.78, 5) is 0. The van der Waals surface area contributed by atoms with Crippen LogP contribution in [-0.4, -0.2) is 46.2 Å². The Labute approximate surface area is 93.3 Å². The normalized spacial score (nSPS) is 14.1. The van der Waals surface area contributed by atoms with Crippen molar-refractivity contribution >= 4 is 9.84 Å². The summed E-state index contributed by atoms with van der Waals surface area (Å²) in [6.45, 7) is 5.09. The fourth-order valence-electron chi connectivity index (χ4n) is 1.24. The molecule has 0 amide bonds. The smallest absolute Gasteiger partial charge is 0.151 e. The van der Waals surface area contributed by atoms with E-state index in [-0.39, 0.29) is 11.8 Å². The van der Waals surface area contributed by atoms with Crippen LogP contribution in [0.25, 0.3) is 0 Å². The fraction of sp³-hybridized carbons (Fsp3) is 1.00. The Morgan fingerprint density at radius 1 is 1.33 bits per heavy atom. The topological polar surface area (TPSA) is 55.4 Å². The molecule has 0 fully saturated rings. The first-order valence-corrected chi connectivity index (χ1v) is 7.26. The molecule has 0 heterocycles. The summed E-state index contributed by atoms with van der Waals surface area (Å²) in [6.07, 6.45) is 1.68. The lowest BCUT2D eigenvalue weighted by Crippen LogP contribution is -2.34. The zero-order valence-electron chi connectivity index (χ0n) is 9.95. The molecule has 92 valence electrons. The van der Waals surface area contributed by atoms with Crippen LogP contribution in [-0.2, 0) is 14.6 Å². The average molecular weight is 237 g/mol. The molecule has 1 atom stereocenters. The summed E-state index contributed by atoms with van der Waals surface area (Å²) >= 11 is 0. The number of sulfone groups is 1. The molecule has 0 aromatic heterocycles. The summed E-state index contributed by atoms with van der Waals surface area (Å²) in [5.74, 6) is 0.533. The minimum atomic E-state index is -2.86. The molecule has 0 aliphatic heterocycles. The minimum Gasteiger partial charge on any atom is -0.383 e. The summed E-state index contributed by atoms with van der Waals surface area (Å²) in [7, 11) is -1.22. The van der Waals surface area contributed by atoms with E-state index in [9.17, 15) is 8.42 Å². The maximum atomic E-state index is 11.5. The van der Waals surface area contributed by atoms with Gasteiger partial charge in [-0.05, 0) is 13.3 Å².